The van der Waals surface area contributed by atoms with Gasteiger partial charge >= 0.3 is 0 Å². The Morgan fingerprint density at radius 2 is 2.12 bits per heavy atom. The molecule has 1 saturated heterocycles. The van der Waals surface area contributed by atoms with E-state index in [-0.39, 0.29) is 17.1 Å². The third-order valence-electron chi connectivity index (χ3n) is 3.40. The van der Waals surface area contributed by atoms with Crippen LogP contribution in [0.25, 0.3) is 0 Å². The van der Waals surface area contributed by atoms with Crippen molar-refractivity contribution in [3.05, 3.63) is 21.3 Å². The van der Waals surface area contributed by atoms with Gasteiger partial charge in [0.05, 0.1) is 22.3 Å². The van der Waals surface area contributed by atoms with Gasteiger partial charge in [-0.15, -0.1) is 11.3 Å². The molecule has 17 heavy (non-hydrogen) atoms. The molecule has 0 aromatic carbocycles. The molecule has 0 amide bonds. The fourth-order valence-corrected chi connectivity index (χ4v) is 3.91. The third-order valence-corrected chi connectivity index (χ3v) is 4.76. The number of aliphatic hydroxyl groups excluding tert-OH is 1. The lowest BCUT2D eigenvalue weighted by molar-refractivity contribution is -0.0877. The van der Waals surface area contributed by atoms with Crippen molar-refractivity contribution >= 4 is 22.9 Å². The first kappa shape index (κ1) is 13.3. The summed E-state index contributed by atoms with van der Waals surface area (Å²) in [5, 5.41) is 13.0. The summed E-state index contributed by atoms with van der Waals surface area (Å²) < 4.78 is 6.01. The second-order valence-corrected chi connectivity index (χ2v) is 7.27. The van der Waals surface area contributed by atoms with Gasteiger partial charge in [-0.05, 0) is 40.2 Å². The molecule has 4 heteroatoms. The molecule has 2 atom stereocenters. The fraction of sp³-hybridized carbons (Fsp3) is 0.692. The number of hydrogen-bond acceptors (Lipinski definition) is 3. The van der Waals surface area contributed by atoms with Crippen LogP contribution in [0.15, 0.2) is 11.4 Å². The van der Waals surface area contributed by atoms with Gasteiger partial charge in [0.1, 0.15) is 0 Å². The first-order valence-electron chi connectivity index (χ1n) is 5.83. The van der Waals surface area contributed by atoms with E-state index in [1.807, 2.05) is 25.3 Å². The average molecular weight is 275 g/mol. The van der Waals surface area contributed by atoms with Gasteiger partial charge in [-0.25, -0.2) is 0 Å². The number of halogens is 1. The Labute approximate surface area is 112 Å². The van der Waals surface area contributed by atoms with Crippen LogP contribution in [0.4, 0.5) is 0 Å². The molecule has 1 fully saturated rings. The summed E-state index contributed by atoms with van der Waals surface area (Å²) in [6, 6.07) is 1.85. The van der Waals surface area contributed by atoms with E-state index in [9.17, 15) is 5.11 Å². The van der Waals surface area contributed by atoms with E-state index in [0.29, 0.717) is 5.02 Å². The molecule has 96 valence electrons. The first-order chi connectivity index (χ1) is 7.71. The summed E-state index contributed by atoms with van der Waals surface area (Å²) in [5.74, 6) is 0.104. The second-order valence-electron chi connectivity index (χ2n) is 5.89. The molecule has 1 N–H and O–H groups in total. The van der Waals surface area contributed by atoms with Crippen molar-refractivity contribution in [1.29, 1.82) is 0 Å². The highest BCUT2D eigenvalue weighted by Gasteiger charge is 2.49. The summed E-state index contributed by atoms with van der Waals surface area (Å²) in [6.45, 7) is 8.24. The molecule has 0 saturated carbocycles. The number of ether oxygens (including phenoxy) is 1. The molecule has 1 aromatic rings. The van der Waals surface area contributed by atoms with Crippen LogP contribution < -0.4 is 0 Å². The Kier molecular flexibility index (Phi) is 3.32. The van der Waals surface area contributed by atoms with Gasteiger partial charge in [0.25, 0.3) is 0 Å². The Bertz CT molecular complexity index is 411. The largest absolute Gasteiger partial charge is 0.387 e. The molecule has 0 aliphatic carbocycles. The van der Waals surface area contributed by atoms with Crippen molar-refractivity contribution in [2.24, 2.45) is 5.92 Å². The van der Waals surface area contributed by atoms with Gasteiger partial charge in [0.2, 0.25) is 0 Å². The van der Waals surface area contributed by atoms with E-state index in [1.165, 1.54) is 11.3 Å². The topological polar surface area (TPSA) is 29.5 Å². The molecule has 2 nitrogen and oxygen atoms in total. The van der Waals surface area contributed by atoms with Gasteiger partial charge in [0, 0.05) is 16.2 Å². The smallest absolute Gasteiger partial charge is 0.0938 e. The van der Waals surface area contributed by atoms with Crippen molar-refractivity contribution in [1.82, 2.24) is 0 Å². The molecule has 2 heterocycles. The van der Waals surface area contributed by atoms with Gasteiger partial charge in [-0.1, -0.05) is 11.6 Å². The average Bonchev–Trinajstić information content (AvgIpc) is 2.66. The highest BCUT2D eigenvalue weighted by Crippen LogP contribution is 2.48. The number of thiophene rings is 1. The zero-order valence-electron chi connectivity index (χ0n) is 10.7. The van der Waals surface area contributed by atoms with Gasteiger partial charge < -0.3 is 9.84 Å². The highest BCUT2D eigenvalue weighted by molar-refractivity contribution is 7.10. The number of aliphatic hydroxyl groups is 1. The van der Waals surface area contributed by atoms with Crippen LogP contribution >= 0.6 is 22.9 Å². The van der Waals surface area contributed by atoms with Crippen LogP contribution in [-0.4, -0.2) is 16.3 Å². The molecular weight excluding hydrogens is 256 g/mol. The first-order valence-corrected chi connectivity index (χ1v) is 7.09. The van der Waals surface area contributed by atoms with Crippen LogP contribution in [0.2, 0.25) is 5.02 Å². The normalized spacial score (nSPS) is 28.2. The molecule has 1 aromatic heterocycles. The van der Waals surface area contributed by atoms with Gasteiger partial charge in [0.15, 0.2) is 0 Å². The highest BCUT2D eigenvalue weighted by atomic mass is 35.5. The summed E-state index contributed by atoms with van der Waals surface area (Å²) in [5.41, 5.74) is -0.477. The van der Waals surface area contributed by atoms with E-state index in [4.69, 9.17) is 16.3 Å². The van der Waals surface area contributed by atoms with E-state index in [2.05, 4.69) is 13.8 Å². The number of rotatable bonds is 2. The molecule has 2 rings (SSSR count). The lowest BCUT2D eigenvalue weighted by Gasteiger charge is -2.29. The molecular formula is C13H19ClO2S. The van der Waals surface area contributed by atoms with Crippen LogP contribution in [0.1, 0.15) is 45.1 Å². The van der Waals surface area contributed by atoms with E-state index >= 15 is 0 Å². The van der Waals surface area contributed by atoms with E-state index in [1.54, 1.807) is 0 Å². The van der Waals surface area contributed by atoms with Crippen molar-refractivity contribution in [2.75, 3.05) is 0 Å². The van der Waals surface area contributed by atoms with Gasteiger partial charge in [-0.2, -0.15) is 0 Å². The maximum atomic E-state index is 10.5. The summed E-state index contributed by atoms with van der Waals surface area (Å²) in [4.78, 5) is 0.925. The minimum atomic E-state index is -0.496. The lowest BCUT2D eigenvalue weighted by atomic mass is 9.82. The van der Waals surface area contributed by atoms with Crippen LogP contribution in [0.5, 0.6) is 0 Å². The molecule has 0 spiro atoms. The zero-order chi connectivity index (χ0) is 12.8. The Morgan fingerprint density at radius 3 is 2.53 bits per heavy atom. The standard InChI is InChI=1S/C13H19ClO2S/c1-12(2)6-9(13(3,4)16-12)11(15)10-5-8(14)7-17-10/h5,7,9,11,15H,6H2,1-4H3. The zero-order valence-corrected chi connectivity index (χ0v) is 12.2. The third kappa shape index (κ3) is 2.68. The molecule has 1 aliphatic heterocycles. The SMILES string of the molecule is CC1(C)CC(C(O)c2cc(Cl)cs2)C(C)(C)O1. The van der Waals surface area contributed by atoms with Crippen LogP contribution in [-0.2, 0) is 4.74 Å². The lowest BCUT2D eigenvalue weighted by Crippen LogP contribution is -2.32. The molecule has 1 aliphatic rings. The monoisotopic (exact) mass is 274 g/mol. The van der Waals surface area contributed by atoms with Crippen molar-refractivity contribution in [2.45, 2.75) is 51.4 Å². The van der Waals surface area contributed by atoms with E-state index < -0.39 is 6.10 Å². The molecule has 0 bridgehead atoms. The number of hydrogen-bond donors (Lipinski definition) is 1. The van der Waals surface area contributed by atoms with Gasteiger partial charge in [-0.3, -0.25) is 0 Å². The van der Waals surface area contributed by atoms with E-state index in [0.717, 1.165) is 11.3 Å². The second kappa shape index (κ2) is 4.23. The maximum absolute atomic E-state index is 10.5. The predicted octanol–water partition coefficient (Wildman–Crippen LogP) is 4.03. The Hall–Kier alpha value is -0.0900. The maximum Gasteiger partial charge on any atom is 0.0938 e. The van der Waals surface area contributed by atoms with Crippen molar-refractivity contribution in [3.8, 4) is 0 Å². The Balaban J connectivity index is 2.23. The van der Waals surface area contributed by atoms with Crippen LogP contribution in [0, 0.1) is 5.92 Å². The summed E-state index contributed by atoms with van der Waals surface area (Å²) in [7, 11) is 0. The fourth-order valence-electron chi connectivity index (χ4n) is 2.78. The molecule has 0 radical (unpaired) electrons. The predicted molar refractivity (Wildman–Crippen MR) is 71.6 cm³/mol. The van der Waals surface area contributed by atoms with Crippen molar-refractivity contribution in [3.63, 3.8) is 0 Å². The summed E-state index contributed by atoms with van der Waals surface area (Å²) in [6.07, 6.45) is 0.362. The quantitative estimate of drug-likeness (QED) is 0.882. The Morgan fingerprint density at radius 1 is 1.47 bits per heavy atom. The minimum absolute atomic E-state index is 0.104. The minimum Gasteiger partial charge on any atom is -0.387 e. The van der Waals surface area contributed by atoms with Crippen LogP contribution in [0.3, 0.4) is 0 Å². The van der Waals surface area contributed by atoms with Crippen molar-refractivity contribution < 1.29 is 9.84 Å². The summed E-state index contributed by atoms with van der Waals surface area (Å²) >= 11 is 7.41. The molecule has 2 unspecified atom stereocenters.